The highest BCUT2D eigenvalue weighted by atomic mass is 14.3. The minimum atomic E-state index is 0. The second kappa shape index (κ2) is 15.0. The molecule has 1 saturated carbocycles. The standard InChI is InChI=1S/C12H24.2C4H10.B/c1-9(2)11-5-7-12(8-6-11)10(3)4;2*1-4(2)3;/h9-12H,5-8H2,1-4H3;2*4H,1-3H3;. The Balaban J connectivity index is -0.000000304. The van der Waals surface area contributed by atoms with Crippen molar-refractivity contribution in [3.63, 3.8) is 0 Å². The summed E-state index contributed by atoms with van der Waals surface area (Å²) in [4.78, 5) is 0. The van der Waals surface area contributed by atoms with Gasteiger partial charge in [0.2, 0.25) is 0 Å². The lowest BCUT2D eigenvalue weighted by molar-refractivity contribution is 0.189. The van der Waals surface area contributed by atoms with Gasteiger partial charge in [0.15, 0.2) is 0 Å². The summed E-state index contributed by atoms with van der Waals surface area (Å²) < 4.78 is 0. The third kappa shape index (κ3) is 20.1. The van der Waals surface area contributed by atoms with Crippen LogP contribution in [0, 0.1) is 35.5 Å². The molecule has 21 heavy (non-hydrogen) atoms. The zero-order valence-electron chi connectivity index (χ0n) is 16.9. The molecule has 3 radical (unpaired) electrons. The van der Waals surface area contributed by atoms with Crippen LogP contribution in [0.3, 0.4) is 0 Å². The van der Waals surface area contributed by atoms with Gasteiger partial charge in [-0.3, -0.25) is 0 Å². The van der Waals surface area contributed by atoms with Gasteiger partial charge < -0.3 is 0 Å². The van der Waals surface area contributed by atoms with Crippen LogP contribution in [0.5, 0.6) is 0 Å². The first kappa shape index (κ1) is 26.0. The quantitative estimate of drug-likeness (QED) is 0.479. The average molecular weight is 295 g/mol. The van der Waals surface area contributed by atoms with E-state index in [9.17, 15) is 0 Å². The monoisotopic (exact) mass is 295 g/mol. The van der Waals surface area contributed by atoms with Gasteiger partial charge in [0.1, 0.15) is 0 Å². The molecule has 1 fully saturated rings. The Kier molecular flexibility index (Phi) is 18.5. The molecule has 1 aliphatic rings. The van der Waals surface area contributed by atoms with Crippen LogP contribution in [0.25, 0.3) is 0 Å². The first-order valence-electron chi connectivity index (χ1n) is 9.07. The maximum absolute atomic E-state index is 2.38. The molecule has 0 nitrogen and oxygen atoms in total. The number of hydrogen-bond donors (Lipinski definition) is 0. The average Bonchev–Trinajstić information content (AvgIpc) is 2.27. The lowest BCUT2D eigenvalue weighted by atomic mass is 9.73. The molecule has 0 aromatic rings. The zero-order chi connectivity index (χ0) is 16.3. The summed E-state index contributed by atoms with van der Waals surface area (Å²) in [5, 5.41) is 0. The van der Waals surface area contributed by atoms with E-state index in [4.69, 9.17) is 0 Å². The number of rotatable bonds is 2. The molecular weight excluding hydrogens is 251 g/mol. The highest BCUT2D eigenvalue weighted by Gasteiger charge is 2.24. The van der Waals surface area contributed by atoms with Gasteiger partial charge in [-0.15, -0.1) is 0 Å². The van der Waals surface area contributed by atoms with Gasteiger partial charge >= 0.3 is 0 Å². The highest BCUT2D eigenvalue weighted by molar-refractivity contribution is 5.75. The Morgan fingerprint density at radius 1 is 0.476 bits per heavy atom. The van der Waals surface area contributed by atoms with Crippen LogP contribution in [-0.2, 0) is 0 Å². The van der Waals surface area contributed by atoms with E-state index in [1.54, 1.807) is 0 Å². The van der Waals surface area contributed by atoms with E-state index in [2.05, 4.69) is 69.2 Å². The van der Waals surface area contributed by atoms with E-state index in [1.165, 1.54) is 25.7 Å². The van der Waals surface area contributed by atoms with Crippen molar-refractivity contribution in [3.05, 3.63) is 0 Å². The van der Waals surface area contributed by atoms with E-state index >= 15 is 0 Å². The fraction of sp³-hybridized carbons (Fsp3) is 1.00. The van der Waals surface area contributed by atoms with E-state index < -0.39 is 0 Å². The van der Waals surface area contributed by atoms with Crippen molar-refractivity contribution in [2.24, 2.45) is 35.5 Å². The van der Waals surface area contributed by atoms with Gasteiger partial charge in [-0.25, -0.2) is 0 Å². The van der Waals surface area contributed by atoms with Crippen LogP contribution < -0.4 is 0 Å². The Morgan fingerprint density at radius 3 is 0.714 bits per heavy atom. The lowest BCUT2D eigenvalue weighted by Gasteiger charge is -2.32. The van der Waals surface area contributed by atoms with Gasteiger partial charge in [-0.05, 0) is 61.2 Å². The third-order valence-electron chi connectivity index (χ3n) is 3.70. The molecular formula is C20H44B. The van der Waals surface area contributed by atoms with Crippen molar-refractivity contribution in [2.75, 3.05) is 0 Å². The Morgan fingerprint density at radius 2 is 0.619 bits per heavy atom. The molecule has 127 valence electrons. The zero-order valence-corrected chi connectivity index (χ0v) is 16.9. The molecule has 0 heterocycles. The van der Waals surface area contributed by atoms with Crippen LogP contribution in [-0.4, -0.2) is 8.41 Å². The van der Waals surface area contributed by atoms with Crippen molar-refractivity contribution in [3.8, 4) is 0 Å². The smallest absolute Gasteiger partial charge is 0 e. The van der Waals surface area contributed by atoms with Gasteiger partial charge in [-0.1, -0.05) is 69.2 Å². The molecule has 0 spiro atoms. The molecule has 0 saturated heterocycles. The fourth-order valence-corrected chi connectivity index (χ4v) is 2.48. The molecule has 0 N–H and O–H groups in total. The van der Waals surface area contributed by atoms with Crippen molar-refractivity contribution >= 4 is 8.41 Å². The molecule has 1 heteroatoms. The first-order valence-corrected chi connectivity index (χ1v) is 9.07. The maximum Gasteiger partial charge on any atom is 0 e. The van der Waals surface area contributed by atoms with Crippen molar-refractivity contribution < 1.29 is 0 Å². The van der Waals surface area contributed by atoms with Crippen LogP contribution in [0.4, 0.5) is 0 Å². The topological polar surface area (TPSA) is 0 Å². The van der Waals surface area contributed by atoms with Crippen molar-refractivity contribution in [2.45, 2.75) is 94.9 Å². The first-order chi connectivity index (χ1) is 9.07. The van der Waals surface area contributed by atoms with Crippen LogP contribution in [0.1, 0.15) is 94.9 Å². The van der Waals surface area contributed by atoms with Crippen LogP contribution >= 0.6 is 0 Å². The lowest BCUT2D eigenvalue weighted by Crippen LogP contribution is -2.21. The number of hydrogen-bond acceptors (Lipinski definition) is 0. The molecule has 0 unspecified atom stereocenters. The van der Waals surface area contributed by atoms with E-state index in [1.807, 2.05) is 0 Å². The molecule has 0 aromatic heterocycles. The molecule has 1 rings (SSSR count). The van der Waals surface area contributed by atoms with Crippen molar-refractivity contribution in [1.29, 1.82) is 0 Å². The van der Waals surface area contributed by atoms with Gasteiger partial charge in [0.25, 0.3) is 0 Å². The largest absolute Gasteiger partial charge is 0.0630 e. The van der Waals surface area contributed by atoms with Gasteiger partial charge in [0.05, 0.1) is 0 Å². The predicted octanol–water partition coefficient (Wildman–Crippen LogP) is 7.05. The summed E-state index contributed by atoms with van der Waals surface area (Å²) >= 11 is 0. The summed E-state index contributed by atoms with van der Waals surface area (Å²) in [5.74, 6) is 5.55. The van der Waals surface area contributed by atoms with Crippen LogP contribution in [0.2, 0.25) is 0 Å². The maximum atomic E-state index is 2.38. The Labute approximate surface area is 139 Å². The summed E-state index contributed by atoms with van der Waals surface area (Å²) in [6.45, 7) is 22.5. The normalized spacial score (nSPS) is 21.4. The molecule has 0 bridgehead atoms. The Hall–Kier alpha value is 0.0649. The molecule has 1 aliphatic carbocycles. The minimum absolute atomic E-state index is 0. The second-order valence-corrected chi connectivity index (χ2v) is 8.63. The SMILES string of the molecule is CC(C)C.CC(C)C.CC(C)C1CCC(C(C)C)CC1.[B]. The second-order valence-electron chi connectivity index (χ2n) is 8.63. The molecule has 0 aliphatic heterocycles. The van der Waals surface area contributed by atoms with Gasteiger partial charge in [-0.2, -0.15) is 0 Å². The molecule has 0 aromatic carbocycles. The summed E-state index contributed by atoms with van der Waals surface area (Å²) in [5.41, 5.74) is 0. The highest BCUT2D eigenvalue weighted by Crippen LogP contribution is 2.36. The molecule has 0 atom stereocenters. The van der Waals surface area contributed by atoms with E-state index in [-0.39, 0.29) is 8.41 Å². The fourth-order valence-electron chi connectivity index (χ4n) is 2.48. The summed E-state index contributed by atoms with van der Waals surface area (Å²) in [6, 6.07) is 0. The van der Waals surface area contributed by atoms with E-state index in [0.29, 0.717) is 0 Å². The predicted molar refractivity (Wildman–Crippen MR) is 102 cm³/mol. The Bertz CT molecular complexity index is 159. The summed E-state index contributed by atoms with van der Waals surface area (Å²) in [6.07, 6.45) is 5.95. The third-order valence-corrected chi connectivity index (χ3v) is 3.70. The van der Waals surface area contributed by atoms with Crippen molar-refractivity contribution in [1.82, 2.24) is 0 Å². The van der Waals surface area contributed by atoms with E-state index in [0.717, 1.165) is 35.5 Å². The minimum Gasteiger partial charge on any atom is -0.0630 e. The van der Waals surface area contributed by atoms with Crippen LogP contribution in [0.15, 0.2) is 0 Å². The summed E-state index contributed by atoms with van der Waals surface area (Å²) in [7, 11) is 0. The van der Waals surface area contributed by atoms with Gasteiger partial charge in [0, 0.05) is 8.41 Å². The molecule has 0 amide bonds.